The van der Waals surface area contributed by atoms with Crippen molar-refractivity contribution >= 4 is 27.5 Å². The summed E-state index contributed by atoms with van der Waals surface area (Å²) in [6.07, 6.45) is 3.49. The molecule has 1 amide bonds. The maximum Gasteiger partial charge on any atom is 0.220 e. The van der Waals surface area contributed by atoms with Crippen molar-refractivity contribution in [3.8, 4) is 0 Å². The molecule has 0 saturated carbocycles. The average Bonchev–Trinajstić information content (AvgIpc) is 2.84. The first-order valence-electron chi connectivity index (χ1n) is 7.26. The Morgan fingerprint density at radius 3 is 2.90 bits per heavy atom. The molecule has 0 atom stereocenters. The molecule has 3 nitrogen and oxygen atoms in total. The molecule has 1 N–H and O–H groups in total. The second-order valence-corrected chi connectivity index (χ2v) is 6.58. The number of para-hydroxylation sites is 1. The van der Waals surface area contributed by atoms with E-state index in [9.17, 15) is 4.79 Å². The zero-order valence-electron chi connectivity index (χ0n) is 12.2. The van der Waals surface area contributed by atoms with Gasteiger partial charge in [0, 0.05) is 19.4 Å². The lowest BCUT2D eigenvalue weighted by Crippen LogP contribution is -2.24. The molecule has 0 bridgehead atoms. The van der Waals surface area contributed by atoms with Gasteiger partial charge in [-0.15, -0.1) is 11.3 Å². The quantitative estimate of drug-likeness (QED) is 0.788. The second kappa shape index (κ2) is 7.39. The summed E-state index contributed by atoms with van der Waals surface area (Å²) in [5, 5.41) is 4.14. The average molecular weight is 290 g/mol. The Bertz CT molecular complexity index is 529. The SMILES string of the molecule is CC(C)CCC(=O)NCCCc1nc2ccccc2s1. The van der Waals surface area contributed by atoms with Crippen molar-refractivity contribution in [1.82, 2.24) is 10.3 Å². The minimum Gasteiger partial charge on any atom is -0.356 e. The summed E-state index contributed by atoms with van der Waals surface area (Å²) < 4.78 is 1.24. The highest BCUT2D eigenvalue weighted by atomic mass is 32.1. The Labute approximate surface area is 124 Å². The number of carbonyl (C=O) groups is 1. The summed E-state index contributed by atoms with van der Waals surface area (Å²) in [5.74, 6) is 0.756. The number of thiazole rings is 1. The first-order valence-corrected chi connectivity index (χ1v) is 8.08. The molecule has 0 saturated heterocycles. The Morgan fingerprint density at radius 1 is 1.35 bits per heavy atom. The molecule has 1 heterocycles. The number of aryl methyl sites for hydroxylation is 1. The summed E-state index contributed by atoms with van der Waals surface area (Å²) in [5.41, 5.74) is 1.08. The van der Waals surface area contributed by atoms with Crippen LogP contribution in [0.5, 0.6) is 0 Å². The number of carbonyl (C=O) groups excluding carboxylic acids is 1. The van der Waals surface area contributed by atoms with Gasteiger partial charge in [-0.1, -0.05) is 26.0 Å². The number of benzene rings is 1. The van der Waals surface area contributed by atoms with Crippen LogP contribution in [0.4, 0.5) is 0 Å². The molecular formula is C16H22N2OS. The number of amides is 1. The lowest BCUT2D eigenvalue weighted by molar-refractivity contribution is -0.121. The van der Waals surface area contributed by atoms with Crippen LogP contribution in [0.1, 0.15) is 38.1 Å². The molecule has 0 spiro atoms. The topological polar surface area (TPSA) is 42.0 Å². The number of hydrogen-bond donors (Lipinski definition) is 1. The van der Waals surface area contributed by atoms with Crippen molar-refractivity contribution in [2.75, 3.05) is 6.54 Å². The van der Waals surface area contributed by atoms with Gasteiger partial charge in [-0.25, -0.2) is 4.98 Å². The van der Waals surface area contributed by atoms with Crippen molar-refractivity contribution < 1.29 is 4.79 Å². The molecule has 20 heavy (non-hydrogen) atoms. The molecule has 4 heteroatoms. The van der Waals surface area contributed by atoms with Crippen LogP contribution in [0.2, 0.25) is 0 Å². The molecule has 1 aromatic carbocycles. The second-order valence-electron chi connectivity index (χ2n) is 5.46. The molecule has 2 aromatic rings. The predicted molar refractivity (Wildman–Crippen MR) is 85.0 cm³/mol. The lowest BCUT2D eigenvalue weighted by atomic mass is 10.1. The molecular weight excluding hydrogens is 268 g/mol. The summed E-state index contributed by atoms with van der Waals surface area (Å²) >= 11 is 1.75. The van der Waals surface area contributed by atoms with Crippen LogP contribution in [0.25, 0.3) is 10.2 Å². The summed E-state index contributed by atoms with van der Waals surface area (Å²) in [6, 6.07) is 8.20. The Morgan fingerprint density at radius 2 is 2.15 bits per heavy atom. The monoisotopic (exact) mass is 290 g/mol. The third kappa shape index (κ3) is 4.60. The molecule has 0 radical (unpaired) electrons. The molecule has 0 unspecified atom stereocenters. The normalized spacial score (nSPS) is 11.2. The highest BCUT2D eigenvalue weighted by Gasteiger charge is 2.05. The van der Waals surface area contributed by atoms with Crippen LogP contribution in [0.15, 0.2) is 24.3 Å². The van der Waals surface area contributed by atoms with E-state index < -0.39 is 0 Å². The van der Waals surface area contributed by atoms with E-state index in [4.69, 9.17) is 0 Å². The smallest absolute Gasteiger partial charge is 0.220 e. The van der Waals surface area contributed by atoms with E-state index in [1.165, 1.54) is 4.70 Å². The van der Waals surface area contributed by atoms with Gasteiger partial charge >= 0.3 is 0 Å². The van der Waals surface area contributed by atoms with Crippen molar-refractivity contribution in [3.63, 3.8) is 0 Å². The van der Waals surface area contributed by atoms with E-state index in [1.807, 2.05) is 18.2 Å². The maximum absolute atomic E-state index is 11.6. The van der Waals surface area contributed by atoms with E-state index in [0.717, 1.165) is 36.3 Å². The van der Waals surface area contributed by atoms with Crippen LogP contribution in [0.3, 0.4) is 0 Å². The Balaban J connectivity index is 1.69. The maximum atomic E-state index is 11.6. The minimum atomic E-state index is 0.169. The third-order valence-electron chi connectivity index (χ3n) is 3.18. The lowest BCUT2D eigenvalue weighted by Gasteiger charge is -2.06. The van der Waals surface area contributed by atoms with Gasteiger partial charge in [-0.2, -0.15) is 0 Å². The van der Waals surface area contributed by atoms with Gasteiger partial charge in [0.15, 0.2) is 0 Å². The van der Waals surface area contributed by atoms with Gasteiger partial charge < -0.3 is 5.32 Å². The van der Waals surface area contributed by atoms with Crippen LogP contribution in [-0.2, 0) is 11.2 Å². The highest BCUT2D eigenvalue weighted by Crippen LogP contribution is 2.22. The number of hydrogen-bond acceptors (Lipinski definition) is 3. The first-order chi connectivity index (χ1) is 9.65. The molecule has 108 valence electrons. The standard InChI is InChI=1S/C16H22N2OS/c1-12(2)9-10-15(19)17-11-5-8-16-18-13-6-3-4-7-14(13)20-16/h3-4,6-7,12H,5,8-11H2,1-2H3,(H,17,19). The van der Waals surface area contributed by atoms with E-state index in [0.29, 0.717) is 12.3 Å². The van der Waals surface area contributed by atoms with Crippen LogP contribution in [0, 0.1) is 5.92 Å². The van der Waals surface area contributed by atoms with Crippen molar-refractivity contribution in [1.29, 1.82) is 0 Å². The van der Waals surface area contributed by atoms with E-state index >= 15 is 0 Å². The fourth-order valence-corrected chi connectivity index (χ4v) is 3.01. The molecule has 0 aliphatic heterocycles. The third-order valence-corrected chi connectivity index (χ3v) is 4.27. The van der Waals surface area contributed by atoms with Crippen LogP contribution >= 0.6 is 11.3 Å². The van der Waals surface area contributed by atoms with E-state index in [2.05, 4.69) is 30.2 Å². The van der Waals surface area contributed by atoms with Gasteiger partial charge in [0.25, 0.3) is 0 Å². The van der Waals surface area contributed by atoms with Crippen molar-refractivity contribution in [3.05, 3.63) is 29.3 Å². The van der Waals surface area contributed by atoms with Gasteiger partial charge in [-0.3, -0.25) is 4.79 Å². The highest BCUT2D eigenvalue weighted by molar-refractivity contribution is 7.18. The van der Waals surface area contributed by atoms with Crippen LogP contribution in [-0.4, -0.2) is 17.4 Å². The molecule has 2 rings (SSSR count). The van der Waals surface area contributed by atoms with Crippen molar-refractivity contribution in [2.45, 2.75) is 39.5 Å². The number of nitrogens with one attached hydrogen (secondary N) is 1. The largest absolute Gasteiger partial charge is 0.356 e. The summed E-state index contributed by atoms with van der Waals surface area (Å²) in [7, 11) is 0. The number of nitrogens with zero attached hydrogens (tertiary/aromatic N) is 1. The van der Waals surface area contributed by atoms with Crippen molar-refractivity contribution in [2.24, 2.45) is 5.92 Å². The minimum absolute atomic E-state index is 0.169. The van der Waals surface area contributed by atoms with Gasteiger partial charge in [0.1, 0.15) is 0 Å². The number of aromatic nitrogens is 1. The zero-order chi connectivity index (χ0) is 14.4. The number of fused-ring (bicyclic) bond motifs is 1. The molecule has 0 aliphatic rings. The summed E-state index contributed by atoms with van der Waals surface area (Å²) in [6.45, 7) is 5.02. The van der Waals surface area contributed by atoms with E-state index in [-0.39, 0.29) is 5.91 Å². The Hall–Kier alpha value is -1.42. The zero-order valence-corrected chi connectivity index (χ0v) is 13.0. The Kier molecular flexibility index (Phi) is 5.53. The molecule has 0 fully saturated rings. The van der Waals surface area contributed by atoms with Gasteiger partial charge in [0.05, 0.1) is 15.2 Å². The van der Waals surface area contributed by atoms with Gasteiger partial charge in [0.2, 0.25) is 5.91 Å². The van der Waals surface area contributed by atoms with E-state index in [1.54, 1.807) is 11.3 Å². The fraction of sp³-hybridized carbons (Fsp3) is 0.500. The molecule has 0 aliphatic carbocycles. The first kappa shape index (κ1) is 15.0. The fourth-order valence-electron chi connectivity index (χ4n) is 2.00. The number of rotatable bonds is 7. The van der Waals surface area contributed by atoms with Gasteiger partial charge in [-0.05, 0) is 30.9 Å². The predicted octanol–water partition coefficient (Wildman–Crippen LogP) is 3.78. The summed E-state index contributed by atoms with van der Waals surface area (Å²) in [4.78, 5) is 16.2. The molecule has 1 aromatic heterocycles. The van der Waals surface area contributed by atoms with Crippen LogP contribution < -0.4 is 5.32 Å².